The predicted octanol–water partition coefficient (Wildman–Crippen LogP) is 1.34. The number of nitrogens with zero attached hydrogens (tertiary/aromatic N) is 2. The number of nitrogens with one attached hydrogen (secondary N) is 1. The molecular weight excluding hydrogens is 246 g/mol. The fourth-order valence-electron chi connectivity index (χ4n) is 1.90. The summed E-state index contributed by atoms with van der Waals surface area (Å²) < 4.78 is 0. The molecule has 1 amide bonds. The van der Waals surface area contributed by atoms with Crippen molar-refractivity contribution in [2.45, 2.75) is 26.7 Å². The molecule has 0 aliphatic rings. The minimum absolute atomic E-state index is 0.0545. The van der Waals surface area contributed by atoms with E-state index in [2.05, 4.69) is 15.3 Å². The molecule has 0 aromatic carbocycles. The second-order valence-electron chi connectivity index (χ2n) is 4.89. The lowest BCUT2D eigenvalue weighted by atomic mass is 9.94. The number of rotatable bonds is 7. The van der Waals surface area contributed by atoms with E-state index in [-0.39, 0.29) is 23.9 Å². The van der Waals surface area contributed by atoms with Crippen LogP contribution in [0.1, 0.15) is 37.2 Å². The van der Waals surface area contributed by atoms with Crippen LogP contribution in [0.5, 0.6) is 0 Å². The van der Waals surface area contributed by atoms with Crippen LogP contribution in [0.25, 0.3) is 0 Å². The van der Waals surface area contributed by atoms with E-state index >= 15 is 0 Å². The van der Waals surface area contributed by atoms with E-state index in [1.54, 1.807) is 0 Å². The van der Waals surface area contributed by atoms with Gasteiger partial charge < -0.3 is 10.4 Å². The fourth-order valence-corrected chi connectivity index (χ4v) is 1.90. The Balaban J connectivity index is 2.51. The van der Waals surface area contributed by atoms with Crippen molar-refractivity contribution in [2.24, 2.45) is 11.8 Å². The van der Waals surface area contributed by atoms with Gasteiger partial charge in [0.15, 0.2) is 0 Å². The molecule has 0 saturated carbocycles. The van der Waals surface area contributed by atoms with Gasteiger partial charge in [-0.15, -0.1) is 0 Å². The second kappa shape index (κ2) is 7.45. The number of amides is 1. The summed E-state index contributed by atoms with van der Waals surface area (Å²) in [4.78, 5) is 30.2. The highest BCUT2D eigenvalue weighted by Gasteiger charge is 2.16. The van der Waals surface area contributed by atoms with E-state index in [4.69, 9.17) is 5.11 Å². The van der Waals surface area contributed by atoms with Crippen LogP contribution in [0, 0.1) is 11.8 Å². The van der Waals surface area contributed by atoms with Crippen LogP contribution in [0.15, 0.2) is 18.6 Å². The third-order valence-corrected chi connectivity index (χ3v) is 2.62. The molecular formula is C13H19N3O3. The van der Waals surface area contributed by atoms with Gasteiger partial charge in [0.25, 0.3) is 5.91 Å². The van der Waals surface area contributed by atoms with Crippen LogP contribution in [0.3, 0.4) is 0 Å². The summed E-state index contributed by atoms with van der Waals surface area (Å²) in [6, 6.07) is 0. The lowest BCUT2D eigenvalue weighted by Crippen LogP contribution is -2.31. The van der Waals surface area contributed by atoms with Gasteiger partial charge in [-0.2, -0.15) is 0 Å². The minimum atomic E-state index is -0.848. The Bertz CT molecular complexity index is 420. The van der Waals surface area contributed by atoms with Crippen molar-refractivity contribution in [1.29, 1.82) is 0 Å². The van der Waals surface area contributed by atoms with Crippen molar-refractivity contribution >= 4 is 11.9 Å². The van der Waals surface area contributed by atoms with E-state index in [9.17, 15) is 9.59 Å². The summed E-state index contributed by atoms with van der Waals surface area (Å²) >= 11 is 0. The van der Waals surface area contributed by atoms with Gasteiger partial charge in [-0.05, 0) is 18.3 Å². The van der Waals surface area contributed by atoms with Crippen molar-refractivity contribution in [3.8, 4) is 0 Å². The second-order valence-corrected chi connectivity index (χ2v) is 4.89. The van der Waals surface area contributed by atoms with Gasteiger partial charge in [0.2, 0.25) is 0 Å². The Kier molecular flexibility index (Phi) is 5.92. The first-order valence-corrected chi connectivity index (χ1v) is 6.25. The summed E-state index contributed by atoms with van der Waals surface area (Å²) in [6.45, 7) is 4.39. The van der Waals surface area contributed by atoms with Crippen LogP contribution in [-0.4, -0.2) is 33.5 Å². The Labute approximate surface area is 112 Å². The molecule has 6 heteroatoms. The molecule has 2 N–H and O–H groups in total. The number of carboxylic acid groups (broad SMARTS) is 1. The number of carboxylic acids is 1. The SMILES string of the molecule is CC(C)CC(CNC(=O)c1cnccn1)CC(=O)O. The normalized spacial score (nSPS) is 12.2. The highest BCUT2D eigenvalue weighted by atomic mass is 16.4. The third-order valence-electron chi connectivity index (χ3n) is 2.62. The van der Waals surface area contributed by atoms with Crippen LogP contribution in [0.4, 0.5) is 0 Å². The summed E-state index contributed by atoms with van der Waals surface area (Å²) in [5, 5.41) is 11.5. The van der Waals surface area contributed by atoms with Crippen molar-refractivity contribution < 1.29 is 14.7 Å². The Morgan fingerprint density at radius 2 is 2.11 bits per heavy atom. The lowest BCUT2D eigenvalue weighted by Gasteiger charge is -2.17. The molecule has 0 aliphatic heterocycles. The highest BCUT2D eigenvalue weighted by molar-refractivity contribution is 5.91. The van der Waals surface area contributed by atoms with Gasteiger partial charge in [0.1, 0.15) is 5.69 Å². The number of hydrogen-bond acceptors (Lipinski definition) is 4. The van der Waals surface area contributed by atoms with Gasteiger partial charge in [-0.25, -0.2) is 4.98 Å². The van der Waals surface area contributed by atoms with Gasteiger partial charge in [-0.1, -0.05) is 13.8 Å². The molecule has 1 rings (SSSR count). The monoisotopic (exact) mass is 265 g/mol. The molecule has 1 aromatic rings. The van der Waals surface area contributed by atoms with E-state index in [1.807, 2.05) is 13.8 Å². The number of aromatic nitrogens is 2. The molecule has 0 aliphatic carbocycles. The molecule has 1 atom stereocenters. The summed E-state index contributed by atoms with van der Waals surface area (Å²) in [5.41, 5.74) is 0.237. The maximum Gasteiger partial charge on any atom is 0.303 e. The lowest BCUT2D eigenvalue weighted by molar-refractivity contribution is -0.138. The van der Waals surface area contributed by atoms with E-state index < -0.39 is 5.97 Å². The minimum Gasteiger partial charge on any atom is -0.481 e. The highest BCUT2D eigenvalue weighted by Crippen LogP contribution is 2.14. The zero-order valence-electron chi connectivity index (χ0n) is 11.2. The largest absolute Gasteiger partial charge is 0.481 e. The van der Waals surface area contributed by atoms with E-state index in [0.29, 0.717) is 12.5 Å². The maximum absolute atomic E-state index is 11.8. The van der Waals surface area contributed by atoms with Crippen molar-refractivity contribution in [1.82, 2.24) is 15.3 Å². The first-order valence-electron chi connectivity index (χ1n) is 6.25. The smallest absolute Gasteiger partial charge is 0.303 e. The van der Waals surface area contributed by atoms with Crippen molar-refractivity contribution in [3.05, 3.63) is 24.3 Å². The molecule has 6 nitrogen and oxygen atoms in total. The molecule has 0 spiro atoms. The predicted molar refractivity (Wildman–Crippen MR) is 69.6 cm³/mol. The molecule has 104 valence electrons. The number of carbonyl (C=O) groups excluding carboxylic acids is 1. The Morgan fingerprint density at radius 3 is 2.63 bits per heavy atom. The average molecular weight is 265 g/mol. The fraction of sp³-hybridized carbons (Fsp3) is 0.538. The first kappa shape index (κ1) is 15.1. The standard InChI is InChI=1S/C13H19N3O3/c1-9(2)5-10(6-12(17)18)7-16-13(19)11-8-14-3-4-15-11/h3-4,8-10H,5-7H2,1-2H3,(H,16,19)(H,17,18). The summed E-state index contributed by atoms with van der Waals surface area (Å²) in [6.07, 6.45) is 5.12. The molecule has 19 heavy (non-hydrogen) atoms. The molecule has 0 saturated heterocycles. The van der Waals surface area contributed by atoms with Crippen LogP contribution < -0.4 is 5.32 Å². The van der Waals surface area contributed by atoms with E-state index in [1.165, 1.54) is 18.6 Å². The van der Waals surface area contributed by atoms with Gasteiger partial charge in [0, 0.05) is 25.4 Å². The molecule has 0 fully saturated rings. The zero-order valence-corrected chi connectivity index (χ0v) is 11.2. The van der Waals surface area contributed by atoms with E-state index in [0.717, 1.165) is 6.42 Å². The number of hydrogen-bond donors (Lipinski definition) is 2. The van der Waals surface area contributed by atoms with Gasteiger partial charge in [-0.3, -0.25) is 14.6 Å². The Hall–Kier alpha value is -1.98. The molecule has 1 heterocycles. The van der Waals surface area contributed by atoms with Crippen LogP contribution in [0.2, 0.25) is 0 Å². The zero-order chi connectivity index (χ0) is 14.3. The topological polar surface area (TPSA) is 92.2 Å². The van der Waals surface area contributed by atoms with Gasteiger partial charge >= 0.3 is 5.97 Å². The molecule has 0 bridgehead atoms. The van der Waals surface area contributed by atoms with Crippen molar-refractivity contribution in [3.63, 3.8) is 0 Å². The quantitative estimate of drug-likeness (QED) is 0.776. The molecule has 1 unspecified atom stereocenters. The van der Waals surface area contributed by atoms with Crippen molar-refractivity contribution in [2.75, 3.05) is 6.54 Å². The number of carbonyl (C=O) groups is 2. The van der Waals surface area contributed by atoms with Crippen LogP contribution >= 0.6 is 0 Å². The van der Waals surface area contributed by atoms with Crippen LogP contribution in [-0.2, 0) is 4.79 Å². The Morgan fingerprint density at radius 1 is 1.37 bits per heavy atom. The third kappa shape index (κ3) is 5.94. The number of aliphatic carboxylic acids is 1. The molecule has 1 aromatic heterocycles. The average Bonchev–Trinajstić information content (AvgIpc) is 2.35. The summed E-state index contributed by atoms with van der Waals surface area (Å²) in [5.74, 6) is -0.859. The summed E-state index contributed by atoms with van der Waals surface area (Å²) in [7, 11) is 0. The maximum atomic E-state index is 11.8. The molecule has 0 radical (unpaired) electrons. The first-order chi connectivity index (χ1) is 8.99. The van der Waals surface area contributed by atoms with Gasteiger partial charge in [0.05, 0.1) is 6.20 Å².